The van der Waals surface area contributed by atoms with E-state index >= 15 is 0 Å². The molecule has 1 N–H and O–H groups in total. The fourth-order valence-corrected chi connectivity index (χ4v) is 3.44. The molecule has 3 rings (SSSR count). The van der Waals surface area contributed by atoms with E-state index in [1.54, 1.807) is 0 Å². The lowest BCUT2D eigenvalue weighted by molar-refractivity contribution is 0.124. The molecule has 0 spiro atoms. The summed E-state index contributed by atoms with van der Waals surface area (Å²) in [5, 5.41) is 7.27. The fraction of sp³-hybridized carbons (Fsp3) is 0.625. The number of hydrogen-bond acceptors (Lipinski definition) is 3. The van der Waals surface area contributed by atoms with Crippen LogP contribution in [0.25, 0.3) is 10.4 Å². The Hall–Kier alpha value is -1.87. The largest absolute Gasteiger partial charge is 0.486 e. The molecule has 0 radical (unpaired) electrons. The van der Waals surface area contributed by atoms with Crippen molar-refractivity contribution in [3.8, 4) is 5.75 Å². The fourth-order valence-electron chi connectivity index (χ4n) is 3.44. The lowest BCUT2D eigenvalue weighted by atomic mass is 9.80. The van der Waals surface area contributed by atoms with Gasteiger partial charge >= 0.3 is 0 Å². The Balaban J connectivity index is 2.03. The van der Waals surface area contributed by atoms with Crippen LogP contribution in [0.4, 0.5) is 5.69 Å². The first-order valence-electron chi connectivity index (χ1n) is 7.43. The van der Waals surface area contributed by atoms with Crippen LogP contribution in [0.2, 0.25) is 0 Å². The van der Waals surface area contributed by atoms with Crippen LogP contribution >= 0.6 is 0 Å². The van der Waals surface area contributed by atoms with Gasteiger partial charge in [0.25, 0.3) is 0 Å². The average molecular weight is 286 g/mol. The molecule has 2 aliphatic heterocycles. The molecule has 0 amide bonds. The monoisotopic (exact) mass is 286 g/mol. The second kappa shape index (κ2) is 4.57. The summed E-state index contributed by atoms with van der Waals surface area (Å²) in [6.45, 7) is 10.0. The first kappa shape index (κ1) is 14.1. The molecule has 0 bridgehead atoms. The number of nitrogens with zero attached hydrogens (tertiary/aromatic N) is 3. The van der Waals surface area contributed by atoms with Crippen molar-refractivity contribution in [2.75, 3.05) is 18.4 Å². The van der Waals surface area contributed by atoms with Crippen molar-refractivity contribution in [2.45, 2.75) is 46.1 Å². The molecule has 21 heavy (non-hydrogen) atoms. The quantitative estimate of drug-likeness (QED) is 0.507. The minimum atomic E-state index is -0.419. The minimum Gasteiger partial charge on any atom is -0.486 e. The zero-order valence-electron chi connectivity index (χ0n) is 13.2. The number of anilines is 1. The highest BCUT2D eigenvalue weighted by atomic mass is 16.5. The molecule has 2 heterocycles. The van der Waals surface area contributed by atoms with Gasteiger partial charge in [0.15, 0.2) is 0 Å². The van der Waals surface area contributed by atoms with E-state index in [1.807, 2.05) is 6.92 Å². The maximum Gasteiger partial charge on any atom is 0.128 e. The van der Waals surface area contributed by atoms with Gasteiger partial charge in [-0.2, -0.15) is 0 Å². The Morgan fingerprint density at radius 1 is 1.38 bits per heavy atom. The summed E-state index contributed by atoms with van der Waals surface area (Å²) in [6, 6.07) is 2.21. The Kier molecular flexibility index (Phi) is 3.06. The molecule has 112 valence electrons. The lowest BCUT2D eigenvalue weighted by Gasteiger charge is -2.34. The predicted octanol–water partition coefficient (Wildman–Crippen LogP) is 3.99. The number of fused-ring (bicyclic) bond motifs is 3. The second-order valence-corrected chi connectivity index (χ2v) is 7.35. The molecule has 1 aromatic rings. The second-order valence-electron chi connectivity index (χ2n) is 7.35. The molecule has 0 aromatic heterocycles. The van der Waals surface area contributed by atoms with E-state index in [9.17, 15) is 0 Å². The summed E-state index contributed by atoms with van der Waals surface area (Å²) in [4.78, 5) is 2.87. The maximum absolute atomic E-state index is 8.56. The van der Waals surface area contributed by atoms with Crippen molar-refractivity contribution in [1.29, 1.82) is 0 Å². The summed E-state index contributed by atoms with van der Waals surface area (Å²) >= 11 is 0. The third kappa shape index (κ3) is 2.42. The predicted molar refractivity (Wildman–Crippen MR) is 83.9 cm³/mol. The standard InChI is InChI=1S/C16H22N4O/c1-10-5-11-6-16(4,9-19-20-17)21-14(11)12-7-15(2,3)8-18-13(10)12/h5,18H,6-9H2,1-4H3. The minimum absolute atomic E-state index is 0.224. The number of aryl methyl sites for hydroxylation is 1. The van der Waals surface area contributed by atoms with Crippen LogP contribution in [0.1, 0.15) is 37.5 Å². The van der Waals surface area contributed by atoms with Gasteiger partial charge < -0.3 is 10.1 Å². The Bertz CT molecular complexity index is 646. The number of benzene rings is 1. The van der Waals surface area contributed by atoms with Crippen LogP contribution in [0.3, 0.4) is 0 Å². The number of nitrogens with one attached hydrogen (secondary N) is 1. The molecule has 5 heteroatoms. The van der Waals surface area contributed by atoms with Gasteiger partial charge in [-0.1, -0.05) is 25.0 Å². The van der Waals surface area contributed by atoms with Crippen LogP contribution in [0.15, 0.2) is 11.2 Å². The van der Waals surface area contributed by atoms with Crippen molar-refractivity contribution >= 4 is 5.69 Å². The highest BCUT2D eigenvalue weighted by molar-refractivity contribution is 5.68. The molecular weight excluding hydrogens is 264 g/mol. The van der Waals surface area contributed by atoms with Gasteiger partial charge in [-0.25, -0.2) is 0 Å². The topological polar surface area (TPSA) is 70.0 Å². The van der Waals surface area contributed by atoms with E-state index in [0.717, 1.165) is 25.1 Å². The van der Waals surface area contributed by atoms with Crippen LogP contribution < -0.4 is 10.1 Å². The smallest absolute Gasteiger partial charge is 0.128 e. The SMILES string of the molecule is Cc1cc2c(c3c1NCC(C)(C)C3)OC(C)(CN=[N+]=[N-])C2. The number of azide groups is 1. The molecule has 1 atom stereocenters. The van der Waals surface area contributed by atoms with Crippen molar-refractivity contribution < 1.29 is 4.74 Å². The van der Waals surface area contributed by atoms with Gasteiger partial charge in [-0.05, 0) is 42.3 Å². The maximum atomic E-state index is 8.56. The van der Waals surface area contributed by atoms with Gasteiger partial charge in [-0.15, -0.1) is 0 Å². The third-order valence-electron chi connectivity index (χ3n) is 4.43. The Morgan fingerprint density at radius 3 is 2.86 bits per heavy atom. The molecule has 0 aliphatic carbocycles. The summed E-state index contributed by atoms with van der Waals surface area (Å²) < 4.78 is 6.24. The molecule has 0 fully saturated rings. The van der Waals surface area contributed by atoms with Crippen molar-refractivity contribution in [2.24, 2.45) is 10.5 Å². The number of hydrogen-bond donors (Lipinski definition) is 1. The van der Waals surface area contributed by atoms with Crippen LogP contribution in [0.5, 0.6) is 5.75 Å². The van der Waals surface area contributed by atoms with Crippen LogP contribution in [-0.2, 0) is 12.8 Å². The van der Waals surface area contributed by atoms with Gasteiger partial charge in [0.2, 0.25) is 0 Å². The number of ether oxygens (including phenoxy) is 1. The van der Waals surface area contributed by atoms with Crippen molar-refractivity contribution in [3.05, 3.63) is 33.2 Å². The first-order chi connectivity index (χ1) is 9.84. The van der Waals surface area contributed by atoms with Gasteiger partial charge in [-0.3, -0.25) is 0 Å². The normalized spacial score (nSPS) is 25.1. The van der Waals surface area contributed by atoms with E-state index in [2.05, 4.69) is 42.2 Å². The Labute approximate surface area is 125 Å². The zero-order valence-corrected chi connectivity index (χ0v) is 13.2. The summed E-state index contributed by atoms with van der Waals surface area (Å²) in [6.07, 6.45) is 1.81. The van der Waals surface area contributed by atoms with Gasteiger partial charge in [0.05, 0.1) is 6.54 Å². The van der Waals surface area contributed by atoms with Gasteiger partial charge in [0.1, 0.15) is 11.4 Å². The van der Waals surface area contributed by atoms with Crippen LogP contribution in [0, 0.1) is 12.3 Å². The number of rotatable bonds is 2. The van der Waals surface area contributed by atoms with Gasteiger partial charge in [0, 0.05) is 29.1 Å². The summed E-state index contributed by atoms with van der Waals surface area (Å²) in [5.41, 5.74) is 13.4. The highest BCUT2D eigenvalue weighted by Gasteiger charge is 2.39. The molecule has 0 saturated carbocycles. The molecule has 5 nitrogen and oxygen atoms in total. The van der Waals surface area contributed by atoms with Crippen LogP contribution in [-0.4, -0.2) is 18.7 Å². The highest BCUT2D eigenvalue weighted by Crippen LogP contribution is 2.47. The van der Waals surface area contributed by atoms with E-state index in [-0.39, 0.29) is 5.41 Å². The molecule has 1 aromatic carbocycles. The molecule has 0 saturated heterocycles. The van der Waals surface area contributed by atoms with E-state index in [1.165, 1.54) is 22.4 Å². The Morgan fingerprint density at radius 2 is 2.14 bits per heavy atom. The molecule has 2 aliphatic rings. The molecular formula is C16H22N4O. The summed E-state index contributed by atoms with van der Waals surface area (Å²) in [7, 11) is 0. The molecule has 1 unspecified atom stereocenters. The van der Waals surface area contributed by atoms with Crippen molar-refractivity contribution in [1.82, 2.24) is 0 Å². The van der Waals surface area contributed by atoms with Crippen molar-refractivity contribution in [3.63, 3.8) is 0 Å². The summed E-state index contributed by atoms with van der Waals surface area (Å²) in [5.74, 6) is 1.01. The third-order valence-corrected chi connectivity index (χ3v) is 4.43. The van der Waals surface area contributed by atoms with E-state index in [4.69, 9.17) is 10.3 Å². The zero-order chi connectivity index (χ0) is 15.3. The van der Waals surface area contributed by atoms with E-state index < -0.39 is 5.60 Å². The van der Waals surface area contributed by atoms with E-state index in [0.29, 0.717) is 6.54 Å². The average Bonchev–Trinajstić information content (AvgIpc) is 2.73. The lowest BCUT2D eigenvalue weighted by Crippen LogP contribution is -2.34. The first-order valence-corrected chi connectivity index (χ1v) is 7.43.